The van der Waals surface area contributed by atoms with Crippen molar-refractivity contribution in [2.75, 3.05) is 0 Å². The van der Waals surface area contributed by atoms with E-state index in [2.05, 4.69) is 11.1 Å². The molecule has 2 atom stereocenters. The van der Waals surface area contributed by atoms with Gasteiger partial charge >= 0.3 is 0 Å². The number of ether oxygens (including phenoxy) is 1. The number of nitrogens with two attached hydrogens (primary N) is 1. The number of rotatable bonds is 2. The van der Waals surface area contributed by atoms with E-state index in [-0.39, 0.29) is 12.1 Å². The molecule has 2 N–H and O–H groups in total. The molecule has 0 aliphatic heterocycles. The Balaban J connectivity index is 1.85. The van der Waals surface area contributed by atoms with E-state index in [4.69, 9.17) is 10.5 Å². The third kappa shape index (κ3) is 2.57. The van der Waals surface area contributed by atoms with Crippen LogP contribution >= 0.6 is 0 Å². The highest BCUT2D eigenvalue weighted by Crippen LogP contribution is 2.28. The van der Waals surface area contributed by atoms with E-state index in [1.807, 2.05) is 6.07 Å². The molecule has 0 bridgehead atoms. The Kier molecular flexibility index (Phi) is 3.39. The zero-order valence-electron chi connectivity index (χ0n) is 11.1. The topological polar surface area (TPSA) is 71.9 Å². The molecular weight excluding hydrogens is 238 g/mol. The lowest BCUT2D eigenvalue weighted by molar-refractivity contribution is 0.198. The standard InChI is InChI=1S/C15H19N3O/c16-9-11-7-10-3-1-2-4-14(10)18-15(11)19-13-6-5-12(17)8-13/h7,12-13H,1-6,8,17H2. The van der Waals surface area contributed by atoms with Crippen LogP contribution in [0.25, 0.3) is 0 Å². The summed E-state index contributed by atoms with van der Waals surface area (Å²) in [6.45, 7) is 0. The first-order valence-electron chi connectivity index (χ1n) is 7.11. The minimum atomic E-state index is 0.122. The van der Waals surface area contributed by atoms with Gasteiger partial charge in [-0.1, -0.05) is 0 Å². The van der Waals surface area contributed by atoms with E-state index in [1.54, 1.807) is 0 Å². The number of aromatic nitrogens is 1. The quantitative estimate of drug-likeness (QED) is 0.880. The van der Waals surface area contributed by atoms with Gasteiger partial charge in [0.2, 0.25) is 5.88 Å². The van der Waals surface area contributed by atoms with Gasteiger partial charge in [-0.05, 0) is 56.6 Å². The largest absolute Gasteiger partial charge is 0.473 e. The summed E-state index contributed by atoms with van der Waals surface area (Å²) in [5.74, 6) is 0.516. The van der Waals surface area contributed by atoms with Crippen molar-refractivity contribution in [2.24, 2.45) is 5.73 Å². The second-order valence-corrected chi connectivity index (χ2v) is 5.58. The lowest BCUT2D eigenvalue weighted by Crippen LogP contribution is -2.20. The second kappa shape index (κ2) is 5.18. The summed E-state index contributed by atoms with van der Waals surface area (Å²) in [7, 11) is 0. The molecule has 1 aromatic rings. The van der Waals surface area contributed by atoms with Crippen LogP contribution in [-0.4, -0.2) is 17.1 Å². The van der Waals surface area contributed by atoms with Crippen LogP contribution < -0.4 is 10.5 Å². The van der Waals surface area contributed by atoms with Gasteiger partial charge in [-0.25, -0.2) is 4.98 Å². The maximum Gasteiger partial charge on any atom is 0.232 e. The van der Waals surface area contributed by atoms with E-state index in [0.717, 1.165) is 37.8 Å². The fourth-order valence-electron chi connectivity index (χ4n) is 3.02. The number of hydrogen-bond acceptors (Lipinski definition) is 4. The molecule has 4 heteroatoms. The molecule has 1 saturated carbocycles. The van der Waals surface area contributed by atoms with Crippen LogP contribution in [0.3, 0.4) is 0 Å². The van der Waals surface area contributed by atoms with Crippen molar-refractivity contribution in [3.63, 3.8) is 0 Å². The zero-order chi connectivity index (χ0) is 13.2. The van der Waals surface area contributed by atoms with E-state index in [0.29, 0.717) is 11.4 Å². The zero-order valence-corrected chi connectivity index (χ0v) is 11.1. The predicted molar refractivity (Wildman–Crippen MR) is 71.8 cm³/mol. The number of hydrogen-bond donors (Lipinski definition) is 1. The van der Waals surface area contributed by atoms with Crippen LogP contribution in [-0.2, 0) is 12.8 Å². The Morgan fingerprint density at radius 1 is 1.32 bits per heavy atom. The summed E-state index contributed by atoms with van der Waals surface area (Å²) in [5.41, 5.74) is 8.80. The van der Waals surface area contributed by atoms with Crippen LogP contribution in [0.1, 0.15) is 48.9 Å². The van der Waals surface area contributed by atoms with Crippen molar-refractivity contribution >= 4 is 0 Å². The molecule has 0 spiro atoms. The predicted octanol–water partition coefficient (Wildman–Crippen LogP) is 2.09. The summed E-state index contributed by atoms with van der Waals surface area (Å²) in [6.07, 6.45) is 7.35. The van der Waals surface area contributed by atoms with Crippen molar-refractivity contribution in [1.82, 2.24) is 4.98 Å². The van der Waals surface area contributed by atoms with Gasteiger partial charge in [0.15, 0.2) is 0 Å². The lowest BCUT2D eigenvalue weighted by atomic mass is 9.95. The first-order valence-corrected chi connectivity index (χ1v) is 7.11. The van der Waals surface area contributed by atoms with Crippen LogP contribution in [0.5, 0.6) is 5.88 Å². The Hall–Kier alpha value is -1.60. The molecule has 1 aromatic heterocycles. The maximum atomic E-state index is 9.25. The molecule has 0 aromatic carbocycles. The van der Waals surface area contributed by atoms with Crippen molar-refractivity contribution in [3.05, 3.63) is 22.9 Å². The minimum absolute atomic E-state index is 0.122. The van der Waals surface area contributed by atoms with Crippen LogP contribution in [0.4, 0.5) is 0 Å². The van der Waals surface area contributed by atoms with Gasteiger partial charge in [0.25, 0.3) is 0 Å². The molecule has 0 amide bonds. The maximum absolute atomic E-state index is 9.25. The smallest absolute Gasteiger partial charge is 0.232 e. The van der Waals surface area contributed by atoms with Crippen LogP contribution in [0.15, 0.2) is 6.07 Å². The molecule has 4 nitrogen and oxygen atoms in total. The highest BCUT2D eigenvalue weighted by atomic mass is 16.5. The lowest BCUT2D eigenvalue weighted by Gasteiger charge is -2.19. The van der Waals surface area contributed by atoms with Gasteiger partial charge in [0.05, 0.1) is 0 Å². The van der Waals surface area contributed by atoms with E-state index < -0.39 is 0 Å². The fourth-order valence-corrected chi connectivity index (χ4v) is 3.02. The monoisotopic (exact) mass is 257 g/mol. The number of pyridine rings is 1. The molecule has 19 heavy (non-hydrogen) atoms. The van der Waals surface area contributed by atoms with Gasteiger partial charge in [-0.2, -0.15) is 5.26 Å². The van der Waals surface area contributed by atoms with Crippen molar-refractivity contribution < 1.29 is 4.74 Å². The summed E-state index contributed by atoms with van der Waals surface area (Å²) < 4.78 is 5.92. The Morgan fingerprint density at radius 3 is 2.89 bits per heavy atom. The summed E-state index contributed by atoms with van der Waals surface area (Å²) >= 11 is 0. The Bertz CT molecular complexity index is 521. The van der Waals surface area contributed by atoms with Crippen LogP contribution in [0, 0.1) is 11.3 Å². The molecule has 100 valence electrons. The average Bonchev–Trinajstić information content (AvgIpc) is 2.83. The second-order valence-electron chi connectivity index (χ2n) is 5.58. The highest BCUT2D eigenvalue weighted by molar-refractivity contribution is 5.43. The number of nitrogens with zero attached hydrogens (tertiary/aromatic N) is 2. The summed E-state index contributed by atoms with van der Waals surface area (Å²) in [4.78, 5) is 4.59. The normalized spacial score (nSPS) is 25.7. The van der Waals surface area contributed by atoms with Crippen LogP contribution in [0.2, 0.25) is 0 Å². The summed E-state index contributed by atoms with van der Waals surface area (Å²) in [5, 5.41) is 9.25. The average molecular weight is 257 g/mol. The van der Waals surface area contributed by atoms with E-state index in [9.17, 15) is 5.26 Å². The third-order valence-corrected chi connectivity index (χ3v) is 4.09. The van der Waals surface area contributed by atoms with Gasteiger partial charge in [0.1, 0.15) is 17.7 Å². The number of fused-ring (bicyclic) bond motifs is 1. The first-order chi connectivity index (χ1) is 9.26. The Labute approximate surface area is 113 Å². The van der Waals surface area contributed by atoms with E-state index >= 15 is 0 Å². The highest BCUT2D eigenvalue weighted by Gasteiger charge is 2.25. The molecule has 2 unspecified atom stereocenters. The SMILES string of the molecule is N#Cc1cc2c(nc1OC1CCC(N)C1)CCCC2. The molecule has 2 aliphatic rings. The first kappa shape index (κ1) is 12.4. The molecule has 2 aliphatic carbocycles. The molecular formula is C15H19N3O. The molecule has 1 fully saturated rings. The number of aryl methyl sites for hydroxylation is 2. The van der Waals surface area contributed by atoms with Crippen molar-refractivity contribution in [1.29, 1.82) is 5.26 Å². The molecule has 3 rings (SSSR count). The Morgan fingerprint density at radius 2 is 2.16 bits per heavy atom. The van der Waals surface area contributed by atoms with Gasteiger partial charge in [-0.3, -0.25) is 0 Å². The minimum Gasteiger partial charge on any atom is -0.473 e. The van der Waals surface area contributed by atoms with E-state index in [1.165, 1.54) is 18.4 Å². The van der Waals surface area contributed by atoms with Gasteiger partial charge in [-0.15, -0.1) is 0 Å². The fraction of sp³-hybridized carbons (Fsp3) is 0.600. The number of nitriles is 1. The van der Waals surface area contributed by atoms with Gasteiger partial charge < -0.3 is 10.5 Å². The molecule has 0 saturated heterocycles. The summed E-state index contributed by atoms with van der Waals surface area (Å²) in [6, 6.07) is 4.41. The van der Waals surface area contributed by atoms with Crippen molar-refractivity contribution in [2.45, 2.75) is 57.1 Å². The molecule has 0 radical (unpaired) electrons. The third-order valence-electron chi connectivity index (χ3n) is 4.09. The van der Waals surface area contributed by atoms with Crippen molar-refractivity contribution in [3.8, 4) is 11.9 Å². The van der Waals surface area contributed by atoms with Gasteiger partial charge in [0, 0.05) is 11.7 Å². The molecule has 1 heterocycles.